The Morgan fingerprint density at radius 2 is 2.00 bits per heavy atom. The molecule has 102 valence electrons. The number of hydrogen-bond acceptors (Lipinski definition) is 5. The van der Waals surface area contributed by atoms with Crippen molar-refractivity contribution in [3.63, 3.8) is 0 Å². The van der Waals surface area contributed by atoms with E-state index in [1.165, 1.54) is 0 Å². The number of alkyl halides is 3. The summed E-state index contributed by atoms with van der Waals surface area (Å²) < 4.78 is 41.5. The number of rotatable bonds is 2. The fourth-order valence-corrected chi connectivity index (χ4v) is 2.03. The van der Waals surface area contributed by atoms with Crippen LogP contribution < -0.4 is 4.90 Å². The minimum atomic E-state index is -4.58. The van der Waals surface area contributed by atoms with Gasteiger partial charge in [0.2, 0.25) is 0 Å². The molecule has 2 rings (SSSR count). The van der Waals surface area contributed by atoms with Gasteiger partial charge in [0, 0.05) is 13.1 Å². The second-order valence-corrected chi connectivity index (χ2v) is 4.46. The lowest BCUT2D eigenvalue weighted by Crippen LogP contribution is -2.37. The Bertz CT molecular complexity index is 397. The molecule has 5 nitrogen and oxygen atoms in total. The number of aliphatic hydroxyl groups is 1. The average Bonchev–Trinajstić information content (AvgIpc) is 2.78. The van der Waals surface area contributed by atoms with Crippen molar-refractivity contribution < 1.29 is 22.8 Å². The standard InChI is InChI=1S/C10H14F3N3O2/c1-6(17)7-2-4-16(5-3-7)9-14-8(15-18-9)10(11,12)13/h6-7,17H,2-5H2,1H3/t6-/m1/s1. The third kappa shape index (κ3) is 2.74. The summed E-state index contributed by atoms with van der Waals surface area (Å²) >= 11 is 0. The van der Waals surface area contributed by atoms with Gasteiger partial charge in [-0.05, 0) is 30.8 Å². The van der Waals surface area contributed by atoms with Crippen LogP contribution in [0.1, 0.15) is 25.6 Å². The summed E-state index contributed by atoms with van der Waals surface area (Å²) in [5.74, 6) is -1.08. The van der Waals surface area contributed by atoms with Gasteiger partial charge in [0.25, 0.3) is 5.82 Å². The largest absolute Gasteiger partial charge is 0.455 e. The first-order chi connectivity index (χ1) is 8.38. The molecular formula is C10H14F3N3O2. The summed E-state index contributed by atoms with van der Waals surface area (Å²) in [5.41, 5.74) is 0. The number of hydrogen-bond donors (Lipinski definition) is 1. The summed E-state index contributed by atoms with van der Waals surface area (Å²) in [6.07, 6.45) is -3.59. The quantitative estimate of drug-likeness (QED) is 0.881. The Morgan fingerprint density at radius 1 is 1.39 bits per heavy atom. The summed E-state index contributed by atoms with van der Waals surface area (Å²) in [4.78, 5) is 4.95. The highest BCUT2D eigenvalue weighted by Crippen LogP contribution is 2.29. The number of halogens is 3. The second-order valence-electron chi connectivity index (χ2n) is 4.46. The molecule has 0 aromatic carbocycles. The van der Waals surface area contributed by atoms with Crippen molar-refractivity contribution in [2.75, 3.05) is 18.0 Å². The molecule has 0 amide bonds. The number of nitrogens with zero attached hydrogens (tertiary/aromatic N) is 3. The van der Waals surface area contributed by atoms with Gasteiger partial charge < -0.3 is 14.5 Å². The van der Waals surface area contributed by atoms with E-state index in [0.717, 1.165) is 0 Å². The highest BCUT2D eigenvalue weighted by molar-refractivity contribution is 5.26. The van der Waals surface area contributed by atoms with Crippen LogP contribution in [-0.4, -0.2) is 34.4 Å². The minimum Gasteiger partial charge on any atom is -0.393 e. The van der Waals surface area contributed by atoms with Gasteiger partial charge in [-0.1, -0.05) is 0 Å². The topological polar surface area (TPSA) is 62.4 Å². The van der Waals surface area contributed by atoms with Gasteiger partial charge in [-0.15, -0.1) is 0 Å². The lowest BCUT2D eigenvalue weighted by atomic mass is 9.92. The van der Waals surface area contributed by atoms with E-state index >= 15 is 0 Å². The molecule has 1 aliphatic rings. The fourth-order valence-electron chi connectivity index (χ4n) is 2.03. The van der Waals surface area contributed by atoms with Crippen LogP contribution in [0.25, 0.3) is 0 Å². The monoisotopic (exact) mass is 265 g/mol. The maximum absolute atomic E-state index is 12.3. The summed E-state index contributed by atoms with van der Waals surface area (Å²) in [6.45, 7) is 2.74. The Hall–Kier alpha value is -1.31. The van der Waals surface area contributed by atoms with E-state index in [1.807, 2.05) is 0 Å². The molecule has 0 radical (unpaired) electrons. The molecule has 2 heterocycles. The summed E-state index contributed by atoms with van der Waals surface area (Å²) in [7, 11) is 0. The van der Waals surface area contributed by atoms with Crippen LogP contribution in [0.15, 0.2) is 4.52 Å². The number of anilines is 1. The van der Waals surface area contributed by atoms with Gasteiger partial charge >= 0.3 is 12.2 Å². The lowest BCUT2D eigenvalue weighted by Gasteiger charge is -2.31. The Kier molecular flexibility index (Phi) is 3.47. The number of aromatic nitrogens is 2. The van der Waals surface area contributed by atoms with Crippen LogP contribution >= 0.6 is 0 Å². The number of piperidine rings is 1. The smallest absolute Gasteiger partial charge is 0.393 e. The summed E-state index contributed by atoms with van der Waals surface area (Å²) in [6, 6.07) is -0.105. The van der Waals surface area contributed by atoms with Crippen molar-refractivity contribution in [3.05, 3.63) is 5.82 Å². The van der Waals surface area contributed by atoms with E-state index in [1.54, 1.807) is 11.8 Å². The van der Waals surface area contributed by atoms with E-state index in [0.29, 0.717) is 25.9 Å². The van der Waals surface area contributed by atoms with Gasteiger partial charge in [0.15, 0.2) is 0 Å². The molecule has 1 aliphatic heterocycles. The zero-order valence-corrected chi connectivity index (χ0v) is 9.81. The van der Waals surface area contributed by atoms with Crippen molar-refractivity contribution >= 4 is 6.01 Å². The number of aliphatic hydroxyl groups excluding tert-OH is 1. The van der Waals surface area contributed by atoms with Gasteiger partial charge in [0.05, 0.1) is 6.10 Å². The van der Waals surface area contributed by atoms with E-state index in [4.69, 9.17) is 0 Å². The van der Waals surface area contributed by atoms with Gasteiger partial charge in [-0.25, -0.2) is 0 Å². The minimum absolute atomic E-state index is 0.105. The van der Waals surface area contributed by atoms with Crippen molar-refractivity contribution in [3.8, 4) is 0 Å². The molecule has 0 bridgehead atoms. The molecule has 1 saturated heterocycles. The van der Waals surface area contributed by atoms with Crippen molar-refractivity contribution in [2.24, 2.45) is 5.92 Å². The molecule has 1 N–H and O–H groups in total. The Morgan fingerprint density at radius 3 is 2.44 bits per heavy atom. The van der Waals surface area contributed by atoms with E-state index in [9.17, 15) is 18.3 Å². The Balaban J connectivity index is 2.00. The molecule has 8 heteroatoms. The predicted octanol–water partition coefficient (Wildman–Crippen LogP) is 1.69. The maximum atomic E-state index is 12.3. The van der Waals surface area contributed by atoms with Gasteiger partial charge in [-0.3, -0.25) is 0 Å². The van der Waals surface area contributed by atoms with Crippen LogP contribution in [0.2, 0.25) is 0 Å². The van der Waals surface area contributed by atoms with Gasteiger partial charge in [0.1, 0.15) is 0 Å². The average molecular weight is 265 g/mol. The van der Waals surface area contributed by atoms with Crippen molar-refractivity contribution in [1.82, 2.24) is 10.1 Å². The van der Waals surface area contributed by atoms with E-state index in [2.05, 4.69) is 14.7 Å². The highest BCUT2D eigenvalue weighted by Gasteiger charge is 2.38. The molecule has 0 spiro atoms. The first-order valence-electron chi connectivity index (χ1n) is 5.72. The third-order valence-corrected chi connectivity index (χ3v) is 3.16. The zero-order valence-electron chi connectivity index (χ0n) is 9.81. The maximum Gasteiger partial charge on any atom is 0.455 e. The van der Waals surface area contributed by atoms with E-state index in [-0.39, 0.29) is 11.9 Å². The van der Waals surface area contributed by atoms with Crippen molar-refractivity contribution in [2.45, 2.75) is 32.0 Å². The summed E-state index contributed by atoms with van der Waals surface area (Å²) in [5, 5.41) is 12.3. The van der Waals surface area contributed by atoms with Crippen LogP contribution in [0, 0.1) is 5.92 Å². The van der Waals surface area contributed by atoms with E-state index < -0.39 is 18.1 Å². The van der Waals surface area contributed by atoms with Gasteiger partial charge in [-0.2, -0.15) is 18.2 Å². The molecule has 0 aliphatic carbocycles. The molecule has 1 atom stereocenters. The normalized spacial score (nSPS) is 20.2. The lowest BCUT2D eigenvalue weighted by molar-refractivity contribution is -0.146. The van der Waals surface area contributed by atoms with Crippen LogP contribution in [0.5, 0.6) is 0 Å². The molecule has 1 aromatic rings. The fraction of sp³-hybridized carbons (Fsp3) is 0.800. The van der Waals surface area contributed by atoms with Crippen LogP contribution in [-0.2, 0) is 6.18 Å². The third-order valence-electron chi connectivity index (χ3n) is 3.16. The molecule has 0 saturated carbocycles. The SMILES string of the molecule is C[C@@H](O)C1CCN(c2nc(C(F)(F)F)no2)CC1. The highest BCUT2D eigenvalue weighted by atomic mass is 19.4. The molecule has 0 unspecified atom stereocenters. The molecular weight excluding hydrogens is 251 g/mol. The predicted molar refractivity (Wildman–Crippen MR) is 55.9 cm³/mol. The first-order valence-corrected chi connectivity index (χ1v) is 5.72. The molecule has 1 fully saturated rings. The first kappa shape index (κ1) is 13.1. The molecule has 18 heavy (non-hydrogen) atoms. The van der Waals surface area contributed by atoms with Crippen LogP contribution in [0.3, 0.4) is 0 Å². The van der Waals surface area contributed by atoms with Crippen molar-refractivity contribution in [1.29, 1.82) is 0 Å². The second kappa shape index (κ2) is 4.75. The zero-order chi connectivity index (χ0) is 13.3. The Labute approximate surface area is 102 Å². The molecule has 1 aromatic heterocycles. The van der Waals surface area contributed by atoms with Crippen LogP contribution in [0.4, 0.5) is 19.2 Å².